The smallest absolute Gasteiger partial charge is 0.416 e. The zero-order chi connectivity index (χ0) is 22.8. The summed E-state index contributed by atoms with van der Waals surface area (Å²) in [7, 11) is 0. The highest BCUT2D eigenvalue weighted by Crippen LogP contribution is 2.32. The van der Waals surface area contributed by atoms with Crippen LogP contribution in [0.3, 0.4) is 0 Å². The van der Waals surface area contributed by atoms with E-state index in [4.69, 9.17) is 4.74 Å². The lowest BCUT2D eigenvalue weighted by atomic mass is 10.1. The summed E-state index contributed by atoms with van der Waals surface area (Å²) in [4.78, 5) is 30.4. The molecule has 0 unspecified atom stereocenters. The van der Waals surface area contributed by atoms with Crippen molar-refractivity contribution >= 4 is 18.0 Å². The summed E-state index contributed by atoms with van der Waals surface area (Å²) in [6.07, 6.45) is -9.07. The van der Waals surface area contributed by atoms with Crippen LogP contribution >= 0.6 is 0 Å². The number of carbonyl (C=O) groups is 2. The Hall–Kier alpha value is -3.25. The van der Waals surface area contributed by atoms with Crippen molar-refractivity contribution in [2.45, 2.75) is 25.3 Å². The molecule has 3 rings (SSSR count). The van der Waals surface area contributed by atoms with E-state index < -0.39 is 42.8 Å². The molecule has 31 heavy (non-hydrogen) atoms. The first-order chi connectivity index (χ1) is 14.4. The third kappa shape index (κ3) is 5.67. The SMILES string of the molecule is O=C(NCCC(F)(F)F)C1=CN2CCN(Cc3ccccc3C(F)(F)F)C(=O)N=C2O1. The molecule has 0 fully saturated rings. The monoisotopic (exact) mass is 450 g/mol. The molecule has 168 valence electrons. The number of urea groups is 1. The largest absolute Gasteiger partial charge is 0.418 e. The average molecular weight is 450 g/mol. The third-order valence-electron chi connectivity index (χ3n) is 4.39. The lowest BCUT2D eigenvalue weighted by molar-refractivity contribution is -0.138. The molecule has 0 aliphatic carbocycles. The highest BCUT2D eigenvalue weighted by molar-refractivity contribution is 5.99. The number of benzene rings is 1. The summed E-state index contributed by atoms with van der Waals surface area (Å²) in [6, 6.07) is 3.69. The maximum atomic E-state index is 13.2. The summed E-state index contributed by atoms with van der Waals surface area (Å²) < 4.78 is 81.2. The summed E-state index contributed by atoms with van der Waals surface area (Å²) in [5.41, 5.74) is -0.971. The lowest BCUT2D eigenvalue weighted by Gasteiger charge is -2.21. The number of fused-ring (bicyclic) bond motifs is 1. The van der Waals surface area contributed by atoms with Gasteiger partial charge in [0.15, 0.2) is 0 Å². The van der Waals surface area contributed by atoms with Gasteiger partial charge in [-0.25, -0.2) is 4.79 Å². The van der Waals surface area contributed by atoms with E-state index in [-0.39, 0.29) is 37.0 Å². The number of nitrogens with one attached hydrogen (secondary N) is 1. The number of aliphatic imine (C=N–C) groups is 1. The molecule has 2 aliphatic heterocycles. The van der Waals surface area contributed by atoms with Crippen molar-refractivity contribution < 1.29 is 40.7 Å². The molecule has 0 saturated carbocycles. The van der Waals surface area contributed by atoms with Gasteiger partial charge in [-0.15, -0.1) is 4.99 Å². The van der Waals surface area contributed by atoms with Crippen LogP contribution in [0.25, 0.3) is 0 Å². The fourth-order valence-corrected chi connectivity index (χ4v) is 2.90. The third-order valence-corrected chi connectivity index (χ3v) is 4.39. The molecule has 7 nitrogen and oxygen atoms in total. The zero-order valence-electron chi connectivity index (χ0n) is 15.8. The number of nitrogens with zero attached hydrogens (tertiary/aromatic N) is 3. The van der Waals surface area contributed by atoms with Gasteiger partial charge in [0.1, 0.15) is 0 Å². The van der Waals surface area contributed by atoms with Crippen LogP contribution in [0.15, 0.2) is 41.2 Å². The van der Waals surface area contributed by atoms with Gasteiger partial charge >= 0.3 is 24.4 Å². The van der Waals surface area contributed by atoms with Crippen LogP contribution in [0, 0.1) is 0 Å². The number of amidine groups is 1. The van der Waals surface area contributed by atoms with Crippen molar-refractivity contribution in [3.05, 3.63) is 47.4 Å². The van der Waals surface area contributed by atoms with Crippen LogP contribution in [0.2, 0.25) is 0 Å². The predicted octanol–water partition coefficient (Wildman–Crippen LogP) is 3.24. The van der Waals surface area contributed by atoms with Crippen LogP contribution in [0.5, 0.6) is 0 Å². The van der Waals surface area contributed by atoms with Gasteiger partial charge in [0.25, 0.3) is 5.91 Å². The highest BCUT2D eigenvalue weighted by Gasteiger charge is 2.35. The van der Waals surface area contributed by atoms with Crippen LogP contribution < -0.4 is 5.32 Å². The molecule has 1 aromatic rings. The minimum absolute atomic E-state index is 0.0269. The maximum absolute atomic E-state index is 13.2. The quantitative estimate of drug-likeness (QED) is 0.700. The molecule has 1 aromatic carbocycles. The molecule has 3 amide bonds. The zero-order valence-corrected chi connectivity index (χ0v) is 15.8. The predicted molar refractivity (Wildman–Crippen MR) is 94.2 cm³/mol. The van der Waals surface area contributed by atoms with Gasteiger partial charge in [-0.2, -0.15) is 26.3 Å². The Morgan fingerprint density at radius 3 is 2.52 bits per heavy atom. The minimum atomic E-state index is -4.59. The van der Waals surface area contributed by atoms with E-state index in [0.29, 0.717) is 0 Å². The maximum Gasteiger partial charge on any atom is 0.416 e. The first-order valence-corrected chi connectivity index (χ1v) is 8.98. The molecule has 2 heterocycles. The molecule has 0 bridgehead atoms. The summed E-state index contributed by atoms with van der Waals surface area (Å²) in [6.45, 7) is -0.965. The van der Waals surface area contributed by atoms with Crippen LogP contribution in [0.1, 0.15) is 17.5 Å². The Balaban J connectivity index is 1.65. The fourth-order valence-electron chi connectivity index (χ4n) is 2.90. The Morgan fingerprint density at radius 2 is 1.84 bits per heavy atom. The summed E-state index contributed by atoms with van der Waals surface area (Å²) in [5, 5.41) is 2.04. The second-order valence-corrected chi connectivity index (χ2v) is 6.66. The Morgan fingerprint density at radius 1 is 1.13 bits per heavy atom. The summed E-state index contributed by atoms with van der Waals surface area (Å²) >= 11 is 0. The molecular formula is C18H16F6N4O3. The normalized spacial score (nSPS) is 16.9. The molecule has 0 radical (unpaired) electrons. The van der Waals surface area contributed by atoms with Crippen LogP contribution in [-0.4, -0.2) is 53.6 Å². The van der Waals surface area contributed by atoms with Crippen LogP contribution in [-0.2, 0) is 22.3 Å². The Bertz CT molecular complexity index is 926. The van der Waals surface area contributed by atoms with Crippen molar-refractivity contribution in [2.75, 3.05) is 19.6 Å². The Kier molecular flexibility index (Phi) is 6.13. The van der Waals surface area contributed by atoms with Gasteiger partial charge in [-0.05, 0) is 11.6 Å². The molecular weight excluding hydrogens is 434 g/mol. The van der Waals surface area contributed by atoms with Crippen molar-refractivity contribution in [1.29, 1.82) is 0 Å². The van der Waals surface area contributed by atoms with E-state index >= 15 is 0 Å². The lowest BCUT2D eigenvalue weighted by Crippen LogP contribution is -2.32. The second kappa shape index (κ2) is 8.47. The van der Waals surface area contributed by atoms with E-state index in [1.165, 1.54) is 29.3 Å². The van der Waals surface area contributed by atoms with Crippen LogP contribution in [0.4, 0.5) is 31.1 Å². The standard InChI is InChI=1S/C18H16F6N4O3/c19-17(20,21)5-6-25-14(29)13-10-28-8-7-27(15(30)26-16(28)31-13)9-11-3-1-2-4-12(11)18(22,23)24/h1-4,10H,5-9H2,(H,25,29). The molecule has 0 saturated heterocycles. The first kappa shape index (κ1) is 22.4. The van der Waals surface area contributed by atoms with Gasteiger partial charge in [0.05, 0.1) is 18.2 Å². The van der Waals surface area contributed by atoms with Gasteiger partial charge < -0.3 is 15.0 Å². The van der Waals surface area contributed by atoms with E-state index in [2.05, 4.69) is 4.99 Å². The summed E-state index contributed by atoms with van der Waals surface area (Å²) in [5.74, 6) is -1.26. The van der Waals surface area contributed by atoms with Gasteiger partial charge in [-0.3, -0.25) is 9.69 Å². The number of carbonyl (C=O) groups excluding carboxylic acids is 2. The first-order valence-electron chi connectivity index (χ1n) is 8.98. The number of ether oxygens (including phenoxy) is 1. The van der Waals surface area contributed by atoms with Crippen molar-refractivity contribution in [3.8, 4) is 0 Å². The minimum Gasteiger partial charge on any atom is -0.418 e. The topological polar surface area (TPSA) is 74.2 Å². The number of hydrogen-bond acceptors (Lipinski definition) is 4. The molecule has 0 atom stereocenters. The fraction of sp³-hybridized carbons (Fsp3) is 0.389. The molecule has 0 aromatic heterocycles. The molecule has 1 N–H and O–H groups in total. The molecule has 13 heteroatoms. The van der Waals surface area contributed by atoms with E-state index in [1.807, 2.05) is 5.32 Å². The van der Waals surface area contributed by atoms with Crippen molar-refractivity contribution in [3.63, 3.8) is 0 Å². The van der Waals surface area contributed by atoms with E-state index in [1.54, 1.807) is 0 Å². The van der Waals surface area contributed by atoms with Gasteiger partial charge in [0.2, 0.25) is 5.76 Å². The number of alkyl halides is 6. The average Bonchev–Trinajstić information content (AvgIpc) is 3.00. The van der Waals surface area contributed by atoms with Gasteiger partial charge in [0, 0.05) is 26.2 Å². The number of rotatable bonds is 5. The Labute approximate surface area is 172 Å². The molecule has 2 aliphatic rings. The highest BCUT2D eigenvalue weighted by atomic mass is 19.4. The van der Waals surface area contributed by atoms with E-state index in [9.17, 15) is 35.9 Å². The number of hydrogen-bond donors (Lipinski definition) is 1. The van der Waals surface area contributed by atoms with E-state index in [0.717, 1.165) is 11.0 Å². The number of halogens is 6. The van der Waals surface area contributed by atoms with Gasteiger partial charge in [-0.1, -0.05) is 18.2 Å². The molecule has 0 spiro atoms. The van der Waals surface area contributed by atoms with Crippen molar-refractivity contribution in [1.82, 2.24) is 15.1 Å². The number of amides is 3. The van der Waals surface area contributed by atoms with Crippen molar-refractivity contribution in [2.24, 2.45) is 4.99 Å². The second-order valence-electron chi connectivity index (χ2n) is 6.66.